The average molecular weight is 452 g/mol. The van der Waals surface area contributed by atoms with Gasteiger partial charge in [-0.25, -0.2) is 8.78 Å². The highest BCUT2D eigenvalue weighted by Gasteiger charge is 2.32. The van der Waals surface area contributed by atoms with Crippen LogP contribution in [-0.2, 0) is 16.0 Å². The number of carboxylic acid groups (broad SMARTS) is 1. The number of aliphatic hydroxyl groups excluding tert-OH is 1. The lowest BCUT2D eigenvalue weighted by atomic mass is 9.96. The van der Waals surface area contributed by atoms with Crippen LogP contribution in [-0.4, -0.2) is 35.8 Å². The van der Waals surface area contributed by atoms with Crippen molar-refractivity contribution in [2.45, 2.75) is 25.3 Å². The van der Waals surface area contributed by atoms with Gasteiger partial charge in [-0.05, 0) is 29.3 Å². The number of nitrogens with one attached hydrogen (secondary N) is 1. The molecule has 2 atom stereocenters. The minimum atomic E-state index is -1.10. The van der Waals surface area contributed by atoms with E-state index >= 15 is 0 Å². The fraction of sp³-hybridized carbons (Fsp3) is 0.273. The second-order valence-electron chi connectivity index (χ2n) is 7.17. The second-order valence-corrected chi connectivity index (χ2v) is 7.54. The number of carbonyl (C=O) groups excluding carboxylic acids is 1. The molecule has 0 spiro atoms. The third-order valence-electron chi connectivity index (χ3n) is 5.24. The summed E-state index contributed by atoms with van der Waals surface area (Å²) in [5, 5.41) is 20.9. The molecule has 0 saturated heterocycles. The van der Waals surface area contributed by atoms with Gasteiger partial charge in [-0.1, -0.05) is 30.7 Å². The zero-order valence-corrected chi connectivity index (χ0v) is 17.5. The number of halogens is 3. The first kappa shape index (κ1) is 22.7. The molecule has 3 rings (SSSR count). The highest BCUT2D eigenvalue weighted by atomic mass is 35.5. The lowest BCUT2D eigenvalue weighted by Gasteiger charge is -2.20. The zero-order chi connectivity index (χ0) is 22.9. The number of hydrogen-bond donors (Lipinski definition) is 3. The summed E-state index contributed by atoms with van der Waals surface area (Å²) in [4.78, 5) is 23.7. The topological polar surface area (TPSA) is 95.9 Å². The summed E-state index contributed by atoms with van der Waals surface area (Å²) in [6.07, 6.45) is 1.11. The zero-order valence-electron chi connectivity index (χ0n) is 16.7. The van der Waals surface area contributed by atoms with Gasteiger partial charge in [0, 0.05) is 22.6 Å². The number of benzene rings is 2. The molecule has 1 aliphatic rings. The standard InChI is InChI=1S/C22H20ClF2NO5/c1-10-13-8-18(31-2)21(25)20(23)15(13)7-14(10)22(30)26-17(9-27)12-4-3-11(5-16(12)24)6-19(28)29/h3-5,7-8,10,17,27H,6,9H2,1-2H3,(H,26,30)(H,28,29)/t10?,17-/m1/s1. The van der Waals surface area contributed by atoms with Crippen LogP contribution in [0.3, 0.4) is 0 Å². The Bertz CT molecular complexity index is 1090. The molecule has 1 unspecified atom stereocenters. The fourth-order valence-corrected chi connectivity index (χ4v) is 3.86. The van der Waals surface area contributed by atoms with E-state index in [0.717, 1.165) is 6.07 Å². The average Bonchev–Trinajstić information content (AvgIpc) is 3.05. The Morgan fingerprint density at radius 3 is 2.58 bits per heavy atom. The molecule has 2 aromatic carbocycles. The molecule has 0 aromatic heterocycles. The lowest BCUT2D eigenvalue weighted by molar-refractivity contribution is -0.136. The molecular weight excluding hydrogens is 432 g/mol. The fourth-order valence-electron chi connectivity index (χ4n) is 3.60. The molecule has 31 heavy (non-hydrogen) atoms. The van der Waals surface area contributed by atoms with Crippen LogP contribution in [0.4, 0.5) is 8.78 Å². The number of amides is 1. The van der Waals surface area contributed by atoms with Crippen molar-refractivity contribution in [1.29, 1.82) is 0 Å². The Kier molecular flexibility index (Phi) is 6.62. The van der Waals surface area contributed by atoms with Crippen LogP contribution in [0, 0.1) is 11.6 Å². The van der Waals surface area contributed by atoms with Crippen LogP contribution in [0.25, 0.3) is 6.08 Å². The van der Waals surface area contributed by atoms with Gasteiger partial charge in [0.25, 0.3) is 0 Å². The molecule has 0 bridgehead atoms. The summed E-state index contributed by atoms with van der Waals surface area (Å²) in [6, 6.07) is 4.21. The number of methoxy groups -OCH3 is 1. The minimum Gasteiger partial charge on any atom is -0.494 e. The number of carboxylic acids is 1. The highest BCUT2D eigenvalue weighted by Crippen LogP contribution is 2.43. The van der Waals surface area contributed by atoms with Crippen molar-refractivity contribution in [1.82, 2.24) is 5.32 Å². The summed E-state index contributed by atoms with van der Waals surface area (Å²) in [5.74, 6) is -3.64. The summed E-state index contributed by atoms with van der Waals surface area (Å²) >= 11 is 6.10. The normalized spacial score (nSPS) is 15.8. The number of carbonyl (C=O) groups is 2. The lowest BCUT2D eigenvalue weighted by Crippen LogP contribution is -2.33. The molecule has 0 saturated carbocycles. The molecule has 2 aromatic rings. The first-order valence-electron chi connectivity index (χ1n) is 9.37. The molecule has 6 nitrogen and oxygen atoms in total. The van der Waals surface area contributed by atoms with E-state index in [4.69, 9.17) is 21.4 Å². The van der Waals surface area contributed by atoms with E-state index in [1.54, 1.807) is 6.92 Å². The highest BCUT2D eigenvalue weighted by molar-refractivity contribution is 6.33. The van der Waals surface area contributed by atoms with Gasteiger partial charge < -0.3 is 20.3 Å². The van der Waals surface area contributed by atoms with Crippen LogP contribution in [0.15, 0.2) is 29.8 Å². The van der Waals surface area contributed by atoms with Crippen LogP contribution in [0.2, 0.25) is 5.02 Å². The van der Waals surface area contributed by atoms with Gasteiger partial charge in [-0.2, -0.15) is 0 Å². The van der Waals surface area contributed by atoms with Gasteiger partial charge in [0.2, 0.25) is 5.91 Å². The molecule has 1 amide bonds. The first-order chi connectivity index (χ1) is 14.7. The number of fused-ring (bicyclic) bond motifs is 1. The Labute approximate surface area is 182 Å². The van der Waals surface area contributed by atoms with Crippen LogP contribution < -0.4 is 10.1 Å². The summed E-state index contributed by atoms with van der Waals surface area (Å²) in [5.41, 5.74) is 1.51. The van der Waals surface area contributed by atoms with Crippen molar-refractivity contribution in [2.24, 2.45) is 0 Å². The Balaban J connectivity index is 1.85. The minimum absolute atomic E-state index is 0.0134. The van der Waals surface area contributed by atoms with Gasteiger partial charge in [0.15, 0.2) is 11.6 Å². The predicted molar refractivity (Wildman–Crippen MR) is 110 cm³/mol. The summed E-state index contributed by atoms with van der Waals surface area (Å²) in [6.45, 7) is 1.15. The molecule has 0 heterocycles. The van der Waals surface area contributed by atoms with Gasteiger partial charge in [-0.15, -0.1) is 0 Å². The Hall–Kier alpha value is -2.97. The first-order valence-corrected chi connectivity index (χ1v) is 9.75. The molecule has 0 radical (unpaired) electrons. The van der Waals surface area contributed by atoms with Crippen molar-refractivity contribution >= 4 is 29.6 Å². The molecule has 3 N–H and O–H groups in total. The van der Waals surface area contributed by atoms with Crippen molar-refractivity contribution in [3.05, 3.63) is 68.7 Å². The number of rotatable bonds is 7. The van der Waals surface area contributed by atoms with Crippen LogP contribution in [0.1, 0.15) is 41.1 Å². The summed E-state index contributed by atoms with van der Waals surface area (Å²) in [7, 11) is 1.31. The summed E-state index contributed by atoms with van der Waals surface area (Å²) < 4.78 is 33.7. The molecular formula is C22H20ClF2NO5. The van der Waals surface area contributed by atoms with Crippen LogP contribution in [0.5, 0.6) is 5.75 Å². The van der Waals surface area contributed by atoms with Gasteiger partial charge >= 0.3 is 5.97 Å². The third kappa shape index (κ3) is 4.40. The van der Waals surface area contributed by atoms with E-state index < -0.39 is 42.1 Å². The Morgan fingerprint density at radius 2 is 2.00 bits per heavy atom. The van der Waals surface area contributed by atoms with E-state index in [9.17, 15) is 23.5 Å². The van der Waals surface area contributed by atoms with E-state index in [-0.39, 0.29) is 33.9 Å². The van der Waals surface area contributed by atoms with E-state index in [1.807, 2.05) is 0 Å². The monoisotopic (exact) mass is 451 g/mol. The molecule has 164 valence electrons. The van der Waals surface area contributed by atoms with E-state index in [0.29, 0.717) is 11.1 Å². The quantitative estimate of drug-likeness (QED) is 0.597. The third-order valence-corrected chi connectivity index (χ3v) is 5.61. The molecule has 9 heteroatoms. The second kappa shape index (κ2) is 9.03. The van der Waals surface area contributed by atoms with Crippen molar-refractivity contribution in [2.75, 3.05) is 13.7 Å². The maximum Gasteiger partial charge on any atom is 0.307 e. The number of aliphatic hydroxyl groups is 1. The maximum atomic E-state index is 14.5. The van der Waals surface area contributed by atoms with Gasteiger partial charge in [0.1, 0.15) is 5.82 Å². The van der Waals surface area contributed by atoms with Crippen molar-refractivity contribution < 1.29 is 33.3 Å². The largest absolute Gasteiger partial charge is 0.494 e. The molecule has 0 fully saturated rings. The van der Waals surface area contributed by atoms with E-state index in [2.05, 4.69) is 5.32 Å². The van der Waals surface area contributed by atoms with Gasteiger partial charge in [-0.3, -0.25) is 9.59 Å². The number of aliphatic carboxylic acids is 1. The Morgan fingerprint density at radius 1 is 1.29 bits per heavy atom. The molecule has 1 aliphatic carbocycles. The smallest absolute Gasteiger partial charge is 0.307 e. The number of ether oxygens (including phenoxy) is 1. The van der Waals surface area contributed by atoms with E-state index in [1.165, 1.54) is 31.4 Å². The van der Waals surface area contributed by atoms with Crippen molar-refractivity contribution in [3.8, 4) is 5.75 Å². The predicted octanol–water partition coefficient (Wildman–Crippen LogP) is 3.60. The SMILES string of the molecule is COc1cc2c(c(Cl)c1F)C=C(C(=O)N[C@H](CO)c1ccc(CC(=O)O)cc1F)C2C. The van der Waals surface area contributed by atoms with Crippen molar-refractivity contribution in [3.63, 3.8) is 0 Å². The number of hydrogen-bond acceptors (Lipinski definition) is 4. The molecule has 0 aliphatic heterocycles. The van der Waals surface area contributed by atoms with Gasteiger partial charge in [0.05, 0.1) is 31.2 Å². The maximum absolute atomic E-state index is 14.5. The van der Waals surface area contributed by atoms with Crippen LogP contribution >= 0.6 is 11.6 Å².